The number of benzene rings is 1. The van der Waals surface area contributed by atoms with E-state index in [0.29, 0.717) is 19.5 Å². The van der Waals surface area contributed by atoms with E-state index < -0.39 is 29.2 Å². The molecule has 0 aliphatic carbocycles. The molecule has 1 fully saturated rings. The molecule has 5 nitrogen and oxygen atoms in total. The van der Waals surface area contributed by atoms with E-state index in [2.05, 4.69) is 0 Å². The Kier molecular flexibility index (Phi) is 6.92. The van der Waals surface area contributed by atoms with Gasteiger partial charge in [0.15, 0.2) is 0 Å². The summed E-state index contributed by atoms with van der Waals surface area (Å²) in [5, 5.41) is 0. The fraction of sp³-hybridized carbons (Fsp3) is 0.600. The van der Waals surface area contributed by atoms with Crippen molar-refractivity contribution >= 4 is 11.9 Å². The molecule has 1 aliphatic heterocycles. The molecular weight excluding hydrogens is 356 g/mol. The van der Waals surface area contributed by atoms with Gasteiger partial charge in [-0.2, -0.15) is 0 Å². The molecule has 27 heavy (non-hydrogen) atoms. The van der Waals surface area contributed by atoms with Crippen molar-refractivity contribution in [3.8, 4) is 0 Å². The number of esters is 2. The van der Waals surface area contributed by atoms with Crippen LogP contribution in [0.3, 0.4) is 0 Å². The zero-order valence-electron chi connectivity index (χ0n) is 16.3. The number of piperidine rings is 1. The maximum absolute atomic E-state index is 14.3. The van der Waals surface area contributed by atoms with E-state index in [1.165, 1.54) is 13.2 Å². The van der Waals surface area contributed by atoms with Gasteiger partial charge in [-0.15, -0.1) is 0 Å². The van der Waals surface area contributed by atoms with Gasteiger partial charge in [-0.05, 0) is 58.2 Å². The van der Waals surface area contributed by atoms with Crippen LogP contribution in [0.4, 0.5) is 8.78 Å². The molecule has 2 rings (SSSR count). The summed E-state index contributed by atoms with van der Waals surface area (Å²) < 4.78 is 38.8. The van der Waals surface area contributed by atoms with Crippen LogP contribution >= 0.6 is 0 Å². The van der Waals surface area contributed by atoms with E-state index in [-0.39, 0.29) is 23.9 Å². The quantitative estimate of drug-likeness (QED) is 0.727. The predicted octanol–water partition coefficient (Wildman–Crippen LogP) is 3.62. The molecule has 150 valence electrons. The zero-order chi connectivity index (χ0) is 20.2. The Hall–Kier alpha value is -2.02. The second-order valence-corrected chi connectivity index (χ2v) is 7.85. The van der Waals surface area contributed by atoms with Gasteiger partial charge in [0.1, 0.15) is 23.3 Å². The van der Waals surface area contributed by atoms with Crippen LogP contribution < -0.4 is 0 Å². The van der Waals surface area contributed by atoms with Crippen LogP contribution in [0.5, 0.6) is 0 Å². The first-order valence-electron chi connectivity index (χ1n) is 9.10. The second-order valence-electron chi connectivity index (χ2n) is 7.85. The van der Waals surface area contributed by atoms with Gasteiger partial charge >= 0.3 is 11.9 Å². The summed E-state index contributed by atoms with van der Waals surface area (Å²) in [5.41, 5.74) is -0.890. The average molecular weight is 383 g/mol. The van der Waals surface area contributed by atoms with Crippen molar-refractivity contribution in [1.82, 2.24) is 4.90 Å². The van der Waals surface area contributed by atoms with Gasteiger partial charge in [0, 0.05) is 13.0 Å². The largest absolute Gasteiger partial charge is 0.468 e. The Morgan fingerprint density at radius 1 is 1.26 bits per heavy atom. The molecular formula is C20H27F2NO4. The minimum absolute atomic E-state index is 0.0596. The van der Waals surface area contributed by atoms with Crippen molar-refractivity contribution in [2.45, 2.75) is 51.7 Å². The van der Waals surface area contributed by atoms with Gasteiger partial charge in [-0.25, -0.2) is 13.6 Å². The zero-order valence-corrected chi connectivity index (χ0v) is 16.3. The number of nitrogens with zero attached hydrogens (tertiary/aromatic N) is 1. The standard InChI is InChI=1S/C20H27F2NO4/c1-20(2,3)27-16(24)11-13-7-6-10-23(12-13)18(19(25)26-4)17-14(21)8-5-9-15(17)22/h5,8-9,13,18H,6-7,10-12H2,1-4H3/t13-,18-/m0/s1. The summed E-state index contributed by atoms with van der Waals surface area (Å²) >= 11 is 0. The monoisotopic (exact) mass is 383 g/mol. The molecule has 0 radical (unpaired) electrons. The van der Waals surface area contributed by atoms with Gasteiger partial charge in [-0.3, -0.25) is 9.69 Å². The van der Waals surface area contributed by atoms with Crippen molar-refractivity contribution < 1.29 is 27.8 Å². The van der Waals surface area contributed by atoms with E-state index >= 15 is 0 Å². The molecule has 0 unspecified atom stereocenters. The summed E-state index contributed by atoms with van der Waals surface area (Å²) in [7, 11) is 1.19. The number of hydrogen-bond donors (Lipinski definition) is 0. The lowest BCUT2D eigenvalue weighted by Gasteiger charge is -2.37. The van der Waals surface area contributed by atoms with Gasteiger partial charge in [-0.1, -0.05) is 6.07 Å². The minimum Gasteiger partial charge on any atom is -0.468 e. The molecule has 7 heteroatoms. The predicted molar refractivity (Wildman–Crippen MR) is 95.9 cm³/mol. The van der Waals surface area contributed by atoms with Crippen LogP contribution in [0.2, 0.25) is 0 Å². The molecule has 0 bridgehead atoms. The van der Waals surface area contributed by atoms with Crippen LogP contribution in [0, 0.1) is 17.6 Å². The van der Waals surface area contributed by atoms with E-state index in [9.17, 15) is 18.4 Å². The Balaban J connectivity index is 2.19. The highest BCUT2D eigenvalue weighted by atomic mass is 19.1. The number of halogens is 2. The van der Waals surface area contributed by atoms with Gasteiger partial charge in [0.25, 0.3) is 0 Å². The normalized spacial score (nSPS) is 19.4. The van der Waals surface area contributed by atoms with Crippen LogP contribution in [0.15, 0.2) is 18.2 Å². The second kappa shape index (κ2) is 8.78. The highest BCUT2D eigenvalue weighted by Gasteiger charge is 2.36. The number of ether oxygens (including phenoxy) is 2. The first kappa shape index (κ1) is 21.3. The Morgan fingerprint density at radius 3 is 2.44 bits per heavy atom. The van der Waals surface area contributed by atoms with Crippen LogP contribution in [-0.2, 0) is 19.1 Å². The number of carbonyl (C=O) groups excluding carboxylic acids is 2. The first-order valence-corrected chi connectivity index (χ1v) is 9.10. The first-order chi connectivity index (χ1) is 12.6. The SMILES string of the molecule is COC(=O)[C@H](c1c(F)cccc1F)N1CCC[C@@H](CC(=O)OC(C)(C)C)C1. The molecule has 1 heterocycles. The fourth-order valence-electron chi connectivity index (χ4n) is 3.45. The number of methoxy groups -OCH3 is 1. The topological polar surface area (TPSA) is 55.8 Å². The molecule has 0 spiro atoms. The maximum atomic E-state index is 14.3. The Bertz CT molecular complexity index is 667. The van der Waals surface area contributed by atoms with Crippen molar-refractivity contribution in [3.05, 3.63) is 35.4 Å². The average Bonchev–Trinajstić information content (AvgIpc) is 2.56. The smallest absolute Gasteiger partial charge is 0.327 e. The lowest BCUT2D eigenvalue weighted by Crippen LogP contribution is -2.43. The van der Waals surface area contributed by atoms with E-state index in [1.54, 1.807) is 25.7 Å². The molecule has 0 amide bonds. The number of carbonyl (C=O) groups is 2. The molecule has 2 atom stereocenters. The Morgan fingerprint density at radius 2 is 1.89 bits per heavy atom. The summed E-state index contributed by atoms with van der Waals surface area (Å²) in [6, 6.07) is 2.31. The van der Waals surface area contributed by atoms with Crippen molar-refractivity contribution in [2.75, 3.05) is 20.2 Å². The molecule has 1 aromatic rings. The third-order valence-corrected chi connectivity index (χ3v) is 4.49. The number of rotatable bonds is 5. The lowest BCUT2D eigenvalue weighted by molar-refractivity contribution is -0.156. The van der Waals surface area contributed by atoms with E-state index in [1.807, 2.05) is 0 Å². The maximum Gasteiger partial charge on any atom is 0.327 e. The van der Waals surface area contributed by atoms with Gasteiger partial charge in [0.05, 0.1) is 12.7 Å². The van der Waals surface area contributed by atoms with E-state index in [0.717, 1.165) is 18.6 Å². The third kappa shape index (κ3) is 5.73. The van der Waals surface area contributed by atoms with Crippen molar-refractivity contribution in [3.63, 3.8) is 0 Å². The van der Waals surface area contributed by atoms with Gasteiger partial charge in [0.2, 0.25) is 0 Å². The van der Waals surface area contributed by atoms with E-state index in [4.69, 9.17) is 9.47 Å². The molecule has 0 aromatic heterocycles. The Labute approximate surface area is 158 Å². The van der Waals surface area contributed by atoms with Crippen LogP contribution in [0.25, 0.3) is 0 Å². The van der Waals surface area contributed by atoms with Crippen molar-refractivity contribution in [1.29, 1.82) is 0 Å². The summed E-state index contributed by atoms with van der Waals surface area (Å²) in [6.07, 6.45) is 1.68. The van der Waals surface area contributed by atoms with Crippen LogP contribution in [0.1, 0.15) is 51.6 Å². The highest BCUT2D eigenvalue weighted by molar-refractivity contribution is 5.77. The van der Waals surface area contributed by atoms with Gasteiger partial charge < -0.3 is 9.47 Å². The molecule has 1 saturated heterocycles. The molecule has 1 aliphatic rings. The fourth-order valence-corrected chi connectivity index (χ4v) is 3.45. The molecule has 0 N–H and O–H groups in total. The highest BCUT2D eigenvalue weighted by Crippen LogP contribution is 2.32. The number of likely N-dealkylation sites (tertiary alicyclic amines) is 1. The number of hydrogen-bond acceptors (Lipinski definition) is 5. The van der Waals surface area contributed by atoms with Crippen molar-refractivity contribution in [2.24, 2.45) is 5.92 Å². The summed E-state index contributed by atoms with van der Waals surface area (Å²) in [5.74, 6) is -2.69. The lowest BCUT2D eigenvalue weighted by atomic mass is 9.92. The molecule has 1 aromatic carbocycles. The molecule has 0 saturated carbocycles. The summed E-state index contributed by atoms with van der Waals surface area (Å²) in [6.45, 7) is 6.23. The third-order valence-electron chi connectivity index (χ3n) is 4.49. The summed E-state index contributed by atoms with van der Waals surface area (Å²) in [4.78, 5) is 26.1. The van der Waals surface area contributed by atoms with Crippen LogP contribution in [-0.4, -0.2) is 42.6 Å². The minimum atomic E-state index is -1.18.